The van der Waals surface area contributed by atoms with Crippen LogP contribution >= 0.6 is 11.3 Å². The van der Waals surface area contributed by atoms with Crippen LogP contribution in [0.25, 0.3) is 0 Å². The van der Waals surface area contributed by atoms with E-state index in [0.717, 1.165) is 34.6 Å². The molecule has 1 aromatic heterocycles. The van der Waals surface area contributed by atoms with E-state index in [1.165, 1.54) is 11.3 Å². The van der Waals surface area contributed by atoms with Crippen LogP contribution in [0.1, 0.15) is 44.2 Å². The number of hydrogen-bond acceptors (Lipinski definition) is 4. The minimum Gasteiger partial charge on any atom is -0.493 e. The summed E-state index contributed by atoms with van der Waals surface area (Å²) in [6.45, 7) is 4.60. The number of fused-ring (bicyclic) bond motifs is 1. The highest BCUT2D eigenvalue weighted by molar-refractivity contribution is 7.14. The number of ether oxygens (including phenoxy) is 1. The van der Waals surface area contributed by atoms with Gasteiger partial charge in [0, 0.05) is 11.3 Å². The zero-order valence-electron chi connectivity index (χ0n) is 13.6. The summed E-state index contributed by atoms with van der Waals surface area (Å²) in [6.07, 6.45) is 1.62. The molecule has 5 nitrogen and oxygen atoms in total. The van der Waals surface area contributed by atoms with E-state index in [0.29, 0.717) is 17.0 Å². The van der Waals surface area contributed by atoms with Crippen LogP contribution in [0.15, 0.2) is 24.3 Å². The zero-order chi connectivity index (χ0) is 17.3. The van der Waals surface area contributed by atoms with Crippen LogP contribution in [-0.4, -0.2) is 23.6 Å². The first-order valence-electron chi connectivity index (χ1n) is 7.88. The number of hydrogen-bond donors (Lipinski definition) is 2. The summed E-state index contributed by atoms with van der Waals surface area (Å²) in [5.41, 5.74) is 2.60. The number of carbonyl (C=O) groups is 2. The Labute approximate surface area is 144 Å². The second kappa shape index (κ2) is 6.65. The van der Waals surface area contributed by atoms with E-state index in [-0.39, 0.29) is 5.91 Å². The molecule has 1 unspecified atom stereocenters. The largest absolute Gasteiger partial charge is 0.493 e. The van der Waals surface area contributed by atoms with E-state index >= 15 is 0 Å². The van der Waals surface area contributed by atoms with Crippen LogP contribution in [0.2, 0.25) is 0 Å². The molecule has 24 heavy (non-hydrogen) atoms. The molecule has 1 aliphatic heterocycles. The summed E-state index contributed by atoms with van der Waals surface area (Å²) in [6, 6.07) is 6.01. The molecule has 126 valence electrons. The molecule has 0 fully saturated rings. The number of benzene rings is 1. The Bertz CT molecular complexity index is 796. The van der Waals surface area contributed by atoms with E-state index in [1.807, 2.05) is 19.9 Å². The number of aliphatic carboxylic acids is 1. The number of nitrogens with one attached hydrogen (secondary N) is 1. The monoisotopic (exact) mass is 345 g/mol. The first kappa shape index (κ1) is 16.5. The second-order valence-electron chi connectivity index (χ2n) is 5.78. The predicted molar refractivity (Wildman–Crippen MR) is 91.9 cm³/mol. The highest BCUT2D eigenvalue weighted by Crippen LogP contribution is 2.29. The van der Waals surface area contributed by atoms with E-state index < -0.39 is 12.0 Å². The lowest BCUT2D eigenvalue weighted by Gasteiger charge is -2.15. The van der Waals surface area contributed by atoms with E-state index in [2.05, 4.69) is 5.32 Å². The fourth-order valence-electron chi connectivity index (χ4n) is 2.86. The topological polar surface area (TPSA) is 75.6 Å². The van der Waals surface area contributed by atoms with Crippen molar-refractivity contribution >= 4 is 23.2 Å². The Hall–Kier alpha value is -2.34. The number of thiophene rings is 1. The molecule has 2 heterocycles. The van der Waals surface area contributed by atoms with Crippen molar-refractivity contribution < 1.29 is 19.4 Å². The van der Waals surface area contributed by atoms with Crippen LogP contribution in [-0.2, 0) is 17.6 Å². The first-order chi connectivity index (χ1) is 11.5. The number of aryl methyl sites for hydroxylation is 2. The van der Waals surface area contributed by atoms with Crippen LogP contribution < -0.4 is 10.1 Å². The van der Waals surface area contributed by atoms with Gasteiger partial charge in [0.1, 0.15) is 5.75 Å². The third-order valence-corrected chi connectivity index (χ3v) is 5.51. The SMILES string of the molecule is CCc1sc(C(=O)NC(C(=O)O)c2ccc3c(c2)CCO3)cc1C. The van der Waals surface area contributed by atoms with Crippen molar-refractivity contribution in [1.29, 1.82) is 0 Å². The van der Waals surface area contributed by atoms with Gasteiger partial charge in [0.2, 0.25) is 0 Å². The highest BCUT2D eigenvalue weighted by atomic mass is 32.1. The van der Waals surface area contributed by atoms with Gasteiger partial charge in [0.05, 0.1) is 11.5 Å². The molecule has 0 radical (unpaired) electrons. The molecule has 2 N–H and O–H groups in total. The Morgan fingerprint density at radius 2 is 2.17 bits per heavy atom. The van der Waals surface area contributed by atoms with Gasteiger partial charge in [-0.25, -0.2) is 4.79 Å². The Kier molecular flexibility index (Phi) is 4.57. The summed E-state index contributed by atoms with van der Waals surface area (Å²) in [5, 5.41) is 12.2. The van der Waals surface area contributed by atoms with E-state index in [1.54, 1.807) is 18.2 Å². The predicted octanol–water partition coefficient (Wildman–Crippen LogP) is 3.11. The summed E-state index contributed by atoms with van der Waals surface area (Å²) in [4.78, 5) is 25.8. The Morgan fingerprint density at radius 1 is 1.38 bits per heavy atom. The average Bonchev–Trinajstić information content (AvgIpc) is 3.17. The van der Waals surface area contributed by atoms with Crippen LogP contribution in [0.4, 0.5) is 0 Å². The molecule has 1 aliphatic rings. The number of carbonyl (C=O) groups excluding carboxylic acids is 1. The summed E-state index contributed by atoms with van der Waals surface area (Å²) >= 11 is 1.41. The fourth-order valence-corrected chi connectivity index (χ4v) is 3.88. The molecule has 0 bridgehead atoms. The van der Waals surface area contributed by atoms with Gasteiger partial charge in [-0.15, -0.1) is 11.3 Å². The Balaban J connectivity index is 1.83. The van der Waals surface area contributed by atoms with Crippen LogP contribution in [0.5, 0.6) is 5.75 Å². The third kappa shape index (κ3) is 3.14. The summed E-state index contributed by atoms with van der Waals surface area (Å²) in [5.74, 6) is -0.645. The van der Waals surface area contributed by atoms with Crippen molar-refractivity contribution in [2.24, 2.45) is 0 Å². The minimum atomic E-state index is -1.08. The molecule has 3 rings (SSSR count). The van der Waals surface area contributed by atoms with Gasteiger partial charge >= 0.3 is 5.97 Å². The van der Waals surface area contributed by atoms with Crippen molar-refractivity contribution in [3.63, 3.8) is 0 Å². The van der Waals surface area contributed by atoms with Crippen molar-refractivity contribution in [1.82, 2.24) is 5.32 Å². The molecular weight excluding hydrogens is 326 g/mol. The highest BCUT2D eigenvalue weighted by Gasteiger charge is 2.25. The number of carboxylic acid groups (broad SMARTS) is 1. The maximum atomic E-state index is 12.5. The maximum Gasteiger partial charge on any atom is 0.330 e. The molecular formula is C18H19NO4S. The van der Waals surface area contributed by atoms with Gasteiger partial charge in [0.25, 0.3) is 5.91 Å². The smallest absolute Gasteiger partial charge is 0.330 e. The minimum absolute atomic E-state index is 0.355. The summed E-state index contributed by atoms with van der Waals surface area (Å²) in [7, 11) is 0. The fraction of sp³-hybridized carbons (Fsp3) is 0.333. The number of carboxylic acids is 1. The summed E-state index contributed by atoms with van der Waals surface area (Å²) < 4.78 is 5.44. The molecule has 1 amide bonds. The molecule has 0 saturated carbocycles. The van der Waals surface area contributed by atoms with Crippen molar-refractivity contribution in [3.05, 3.63) is 50.7 Å². The molecule has 2 aromatic rings. The molecule has 0 aliphatic carbocycles. The standard InChI is InChI=1S/C18H19NO4S/c1-3-14-10(2)8-15(24-14)17(20)19-16(18(21)22)12-4-5-13-11(9-12)6-7-23-13/h4-5,8-9,16H,3,6-7H2,1-2H3,(H,19,20)(H,21,22). The van der Waals surface area contributed by atoms with Crippen molar-refractivity contribution in [3.8, 4) is 5.75 Å². The van der Waals surface area contributed by atoms with Gasteiger partial charge in [-0.3, -0.25) is 4.79 Å². The normalized spacial score (nSPS) is 13.9. The molecule has 0 spiro atoms. The van der Waals surface area contributed by atoms with Crippen LogP contribution in [0.3, 0.4) is 0 Å². The van der Waals surface area contributed by atoms with Crippen molar-refractivity contribution in [2.75, 3.05) is 6.61 Å². The van der Waals surface area contributed by atoms with Crippen LogP contribution in [0, 0.1) is 6.92 Å². The third-order valence-electron chi connectivity index (χ3n) is 4.13. The lowest BCUT2D eigenvalue weighted by atomic mass is 10.0. The molecule has 1 aromatic carbocycles. The van der Waals surface area contributed by atoms with Gasteiger partial charge < -0.3 is 15.2 Å². The number of amides is 1. The molecule has 0 saturated heterocycles. The van der Waals surface area contributed by atoms with Gasteiger partial charge in [0.15, 0.2) is 6.04 Å². The molecule has 6 heteroatoms. The first-order valence-corrected chi connectivity index (χ1v) is 8.70. The lowest BCUT2D eigenvalue weighted by molar-refractivity contribution is -0.139. The van der Waals surface area contributed by atoms with E-state index in [9.17, 15) is 14.7 Å². The van der Waals surface area contributed by atoms with Crippen molar-refractivity contribution in [2.45, 2.75) is 32.7 Å². The average molecular weight is 345 g/mol. The van der Waals surface area contributed by atoms with E-state index in [4.69, 9.17) is 4.74 Å². The molecule has 1 atom stereocenters. The van der Waals surface area contributed by atoms with Gasteiger partial charge in [-0.1, -0.05) is 13.0 Å². The van der Waals surface area contributed by atoms with Gasteiger partial charge in [-0.2, -0.15) is 0 Å². The lowest BCUT2D eigenvalue weighted by Crippen LogP contribution is -2.33. The maximum absolute atomic E-state index is 12.5. The van der Waals surface area contributed by atoms with Gasteiger partial charge in [-0.05, 0) is 48.2 Å². The number of rotatable bonds is 5. The Morgan fingerprint density at radius 3 is 2.83 bits per heavy atom. The zero-order valence-corrected chi connectivity index (χ0v) is 14.4. The quantitative estimate of drug-likeness (QED) is 0.873. The second-order valence-corrected chi connectivity index (χ2v) is 6.92.